The van der Waals surface area contributed by atoms with Crippen LogP contribution in [0.15, 0.2) is 72.3 Å². The molecule has 0 N–H and O–H groups in total. The monoisotopic (exact) mass is 272 g/mol. The maximum absolute atomic E-state index is 2.47. The van der Waals surface area contributed by atoms with E-state index in [0.717, 1.165) is 12.3 Å². The highest BCUT2D eigenvalue weighted by molar-refractivity contribution is 5.76. The average Bonchev–Trinajstić information content (AvgIpc) is 2.57. The van der Waals surface area contributed by atoms with E-state index in [0.29, 0.717) is 0 Å². The molecule has 0 saturated heterocycles. The van der Waals surface area contributed by atoms with Crippen LogP contribution in [0.2, 0.25) is 0 Å². The zero-order valence-corrected chi connectivity index (χ0v) is 12.3. The van der Waals surface area contributed by atoms with E-state index in [4.69, 9.17) is 0 Å². The van der Waals surface area contributed by atoms with Crippen molar-refractivity contribution in [3.63, 3.8) is 0 Å². The summed E-state index contributed by atoms with van der Waals surface area (Å²) in [4.78, 5) is 0. The average molecular weight is 272 g/mol. The molecule has 2 bridgehead atoms. The predicted octanol–water partition coefficient (Wildman–Crippen LogP) is 5.73. The molecule has 4 rings (SSSR count). The molecule has 0 spiro atoms. The number of benzene rings is 2. The van der Waals surface area contributed by atoms with Crippen molar-refractivity contribution in [2.75, 3.05) is 0 Å². The molecule has 1 unspecified atom stereocenters. The van der Waals surface area contributed by atoms with E-state index >= 15 is 0 Å². The summed E-state index contributed by atoms with van der Waals surface area (Å²) in [5.74, 6) is 0.726. The number of fused-ring (bicyclic) bond motifs is 2. The Morgan fingerprint density at radius 2 is 1.43 bits per heavy atom. The first-order chi connectivity index (χ1) is 10.4. The minimum absolute atomic E-state index is 0.726. The van der Waals surface area contributed by atoms with Gasteiger partial charge in [-0.05, 0) is 53.9 Å². The molecule has 0 aromatic heterocycles. The minimum Gasteiger partial charge on any atom is -0.0763 e. The van der Waals surface area contributed by atoms with E-state index < -0.39 is 0 Å². The van der Waals surface area contributed by atoms with Crippen LogP contribution in [0, 0.1) is 5.92 Å². The van der Waals surface area contributed by atoms with Crippen LogP contribution in [0.3, 0.4) is 0 Å². The predicted molar refractivity (Wildman–Crippen MR) is 89.7 cm³/mol. The fourth-order valence-corrected chi connectivity index (χ4v) is 3.86. The zero-order chi connectivity index (χ0) is 14.1. The van der Waals surface area contributed by atoms with Gasteiger partial charge in [-0.25, -0.2) is 0 Å². The number of hydrogen-bond acceptors (Lipinski definition) is 0. The van der Waals surface area contributed by atoms with Crippen molar-refractivity contribution in [1.29, 1.82) is 0 Å². The van der Waals surface area contributed by atoms with Crippen LogP contribution in [0.1, 0.15) is 36.8 Å². The minimum atomic E-state index is 0.726. The molecule has 0 saturated carbocycles. The molecule has 2 aromatic carbocycles. The van der Waals surface area contributed by atoms with Crippen molar-refractivity contribution in [3.05, 3.63) is 83.4 Å². The molecule has 0 fully saturated rings. The van der Waals surface area contributed by atoms with Crippen molar-refractivity contribution in [1.82, 2.24) is 0 Å². The molecular formula is C21H20. The summed E-state index contributed by atoms with van der Waals surface area (Å²) in [5, 5.41) is 0. The zero-order valence-electron chi connectivity index (χ0n) is 12.3. The second kappa shape index (κ2) is 5.37. The van der Waals surface area contributed by atoms with Gasteiger partial charge in [-0.2, -0.15) is 0 Å². The third kappa shape index (κ3) is 2.35. The second-order valence-electron chi connectivity index (χ2n) is 6.12. The van der Waals surface area contributed by atoms with E-state index in [1.807, 2.05) is 0 Å². The summed E-state index contributed by atoms with van der Waals surface area (Å²) >= 11 is 0. The Morgan fingerprint density at radius 3 is 2.14 bits per heavy atom. The molecular weight excluding hydrogens is 252 g/mol. The van der Waals surface area contributed by atoms with Crippen LogP contribution >= 0.6 is 0 Å². The SMILES string of the molecule is C1=C(c2ccccc2)C2CCC(c3ccccc3)=C(C1)C2. The summed E-state index contributed by atoms with van der Waals surface area (Å²) in [6, 6.07) is 21.9. The summed E-state index contributed by atoms with van der Waals surface area (Å²) in [6.45, 7) is 0. The molecule has 0 aliphatic heterocycles. The lowest BCUT2D eigenvalue weighted by Crippen LogP contribution is -2.15. The number of rotatable bonds is 2. The molecule has 2 aliphatic carbocycles. The Kier molecular flexibility index (Phi) is 3.23. The summed E-state index contributed by atoms with van der Waals surface area (Å²) in [5.41, 5.74) is 7.70. The quantitative estimate of drug-likeness (QED) is 0.655. The first-order valence-corrected chi connectivity index (χ1v) is 7.93. The van der Waals surface area contributed by atoms with Crippen molar-refractivity contribution >= 4 is 11.1 Å². The van der Waals surface area contributed by atoms with E-state index in [-0.39, 0.29) is 0 Å². The maximum Gasteiger partial charge on any atom is -0.0118 e. The first kappa shape index (κ1) is 12.6. The van der Waals surface area contributed by atoms with Gasteiger partial charge in [-0.15, -0.1) is 0 Å². The number of hydrogen-bond donors (Lipinski definition) is 0. The third-order valence-corrected chi connectivity index (χ3v) is 4.90. The Labute approximate surface area is 126 Å². The number of allylic oxidation sites excluding steroid dienone is 4. The Hall–Kier alpha value is -2.08. The molecule has 0 amide bonds. The van der Waals surface area contributed by atoms with Crippen LogP contribution in [-0.4, -0.2) is 0 Å². The molecule has 21 heavy (non-hydrogen) atoms. The Bertz CT molecular complexity index is 689. The highest BCUT2D eigenvalue weighted by Gasteiger charge is 2.27. The molecule has 0 heterocycles. The molecule has 2 aromatic rings. The van der Waals surface area contributed by atoms with Gasteiger partial charge in [0.2, 0.25) is 0 Å². The summed E-state index contributed by atoms with van der Waals surface area (Å²) < 4.78 is 0. The topological polar surface area (TPSA) is 0 Å². The summed E-state index contributed by atoms with van der Waals surface area (Å²) in [7, 11) is 0. The van der Waals surface area contributed by atoms with Crippen molar-refractivity contribution in [2.45, 2.75) is 25.7 Å². The van der Waals surface area contributed by atoms with Crippen molar-refractivity contribution in [2.24, 2.45) is 5.92 Å². The molecule has 1 atom stereocenters. The molecule has 104 valence electrons. The Balaban J connectivity index is 1.69. The third-order valence-electron chi connectivity index (χ3n) is 4.90. The Morgan fingerprint density at radius 1 is 0.762 bits per heavy atom. The van der Waals surface area contributed by atoms with Gasteiger partial charge >= 0.3 is 0 Å². The maximum atomic E-state index is 2.47. The first-order valence-electron chi connectivity index (χ1n) is 7.93. The lowest BCUT2D eigenvalue weighted by Gasteiger charge is -2.33. The lowest BCUT2D eigenvalue weighted by atomic mass is 9.72. The fourth-order valence-electron chi connectivity index (χ4n) is 3.86. The molecule has 2 aliphatic rings. The van der Waals surface area contributed by atoms with Gasteiger partial charge in [0.05, 0.1) is 0 Å². The van der Waals surface area contributed by atoms with Gasteiger partial charge < -0.3 is 0 Å². The molecule has 0 radical (unpaired) electrons. The van der Waals surface area contributed by atoms with Crippen LogP contribution < -0.4 is 0 Å². The van der Waals surface area contributed by atoms with E-state index in [1.54, 1.807) is 16.7 Å². The normalized spacial score (nSPS) is 21.1. The van der Waals surface area contributed by atoms with Gasteiger partial charge in [0.15, 0.2) is 0 Å². The highest BCUT2D eigenvalue weighted by Crippen LogP contribution is 2.46. The largest absolute Gasteiger partial charge is 0.0763 e. The van der Waals surface area contributed by atoms with Gasteiger partial charge in [0, 0.05) is 0 Å². The van der Waals surface area contributed by atoms with Gasteiger partial charge in [0.1, 0.15) is 0 Å². The van der Waals surface area contributed by atoms with Gasteiger partial charge in [0.25, 0.3) is 0 Å². The van der Waals surface area contributed by atoms with E-state index in [1.165, 1.54) is 30.4 Å². The molecule has 0 nitrogen and oxygen atoms in total. The van der Waals surface area contributed by atoms with Crippen molar-refractivity contribution in [3.8, 4) is 0 Å². The summed E-state index contributed by atoms with van der Waals surface area (Å²) in [6.07, 6.45) is 7.37. The van der Waals surface area contributed by atoms with Crippen LogP contribution in [0.4, 0.5) is 0 Å². The smallest absolute Gasteiger partial charge is 0.0118 e. The molecule has 0 heteroatoms. The van der Waals surface area contributed by atoms with E-state index in [2.05, 4.69) is 66.7 Å². The van der Waals surface area contributed by atoms with Crippen LogP contribution in [0.25, 0.3) is 11.1 Å². The standard InChI is InChI=1S/C21H20/c1-3-7-16(8-4-1)20-13-11-19-15-18(20)12-14-21(19)17-9-5-2-6-10-17/h1-10,13,18H,11-12,14-15H2. The second-order valence-corrected chi connectivity index (χ2v) is 6.12. The lowest BCUT2D eigenvalue weighted by molar-refractivity contribution is 0.568. The highest BCUT2D eigenvalue weighted by atomic mass is 14.3. The van der Waals surface area contributed by atoms with Gasteiger partial charge in [-0.1, -0.05) is 72.3 Å². The van der Waals surface area contributed by atoms with Gasteiger partial charge in [-0.3, -0.25) is 0 Å². The fraction of sp³-hybridized carbons (Fsp3) is 0.238. The van der Waals surface area contributed by atoms with Crippen LogP contribution in [-0.2, 0) is 0 Å². The van der Waals surface area contributed by atoms with Crippen molar-refractivity contribution < 1.29 is 0 Å². The van der Waals surface area contributed by atoms with E-state index in [9.17, 15) is 0 Å². The van der Waals surface area contributed by atoms with Crippen LogP contribution in [0.5, 0.6) is 0 Å².